The van der Waals surface area contributed by atoms with E-state index < -0.39 is 18.9 Å². The van der Waals surface area contributed by atoms with Crippen LogP contribution in [0.25, 0.3) is 0 Å². The third kappa shape index (κ3) is 3.99. The molecular weight excluding hydrogens is 255 g/mol. The average Bonchev–Trinajstić information content (AvgIpc) is 2.59. The van der Waals surface area contributed by atoms with Gasteiger partial charge in [-0.3, -0.25) is 4.74 Å². The Morgan fingerprint density at radius 2 is 2.11 bits per heavy atom. The summed E-state index contributed by atoms with van der Waals surface area (Å²) in [7, 11) is 0. The minimum Gasteiger partial charge on any atom is -0.461 e. The van der Waals surface area contributed by atoms with Crippen molar-refractivity contribution < 1.29 is 27.4 Å². The Balaban J connectivity index is 2.61. The molecule has 0 spiro atoms. The summed E-state index contributed by atoms with van der Waals surface area (Å²) in [6, 6.07) is 0. The third-order valence-electron chi connectivity index (χ3n) is 2.02. The van der Waals surface area contributed by atoms with E-state index in [-0.39, 0.29) is 18.8 Å². The number of carbonyl (C=O) groups is 1. The van der Waals surface area contributed by atoms with Gasteiger partial charge in [0.1, 0.15) is 0 Å². The van der Waals surface area contributed by atoms with Crippen LogP contribution in [0.3, 0.4) is 0 Å². The lowest BCUT2D eigenvalue weighted by Gasteiger charge is -2.07. The monoisotopic (exact) mass is 267 g/mol. The molecule has 0 saturated carbocycles. The molecule has 0 saturated heterocycles. The molecule has 1 aromatic heterocycles. The minimum absolute atomic E-state index is 0.0103. The quantitative estimate of drug-likeness (QED) is 0.752. The number of carbonyl (C=O) groups excluding carboxylic acids is 1. The van der Waals surface area contributed by atoms with Crippen LogP contribution in [0.2, 0.25) is 0 Å². The Hall–Kier alpha value is -1.64. The average molecular weight is 267 g/mol. The third-order valence-corrected chi connectivity index (χ3v) is 2.02. The molecule has 0 aromatic carbocycles. The number of esters is 1. The van der Waals surface area contributed by atoms with E-state index >= 15 is 0 Å². The normalized spacial score (nSPS) is 11.6. The Kier molecular flexibility index (Phi) is 4.65. The molecule has 0 radical (unpaired) electrons. The highest BCUT2D eigenvalue weighted by atomic mass is 19.4. The molecule has 18 heavy (non-hydrogen) atoms. The van der Waals surface area contributed by atoms with E-state index in [1.807, 2.05) is 0 Å². The van der Waals surface area contributed by atoms with Crippen molar-refractivity contribution in [3.05, 3.63) is 11.4 Å². The van der Waals surface area contributed by atoms with Gasteiger partial charge in [-0.05, 0) is 13.8 Å². The van der Waals surface area contributed by atoms with Crippen LogP contribution in [-0.2, 0) is 16.0 Å². The molecule has 9 heteroatoms. The first-order valence-electron chi connectivity index (χ1n) is 5.13. The van der Waals surface area contributed by atoms with Crippen molar-refractivity contribution in [1.82, 2.24) is 15.0 Å². The van der Waals surface area contributed by atoms with Gasteiger partial charge in [-0.15, -0.1) is 18.3 Å². The lowest BCUT2D eigenvalue weighted by molar-refractivity contribution is -0.325. The van der Waals surface area contributed by atoms with Gasteiger partial charge in [-0.25, -0.2) is 9.48 Å². The molecule has 1 aromatic rings. The lowest BCUT2D eigenvalue weighted by atomic mass is 10.3. The number of ether oxygens (including phenoxy) is 2. The maximum absolute atomic E-state index is 11.8. The van der Waals surface area contributed by atoms with Crippen LogP contribution in [0, 0.1) is 6.92 Å². The van der Waals surface area contributed by atoms with Gasteiger partial charge in [0.15, 0.2) is 5.69 Å². The second-order valence-electron chi connectivity index (χ2n) is 3.26. The van der Waals surface area contributed by atoms with E-state index in [1.54, 1.807) is 6.92 Å². The van der Waals surface area contributed by atoms with Crippen LogP contribution < -0.4 is 0 Å². The summed E-state index contributed by atoms with van der Waals surface area (Å²) < 4.78 is 44.7. The number of aromatic nitrogens is 3. The Bertz CT molecular complexity index is 417. The molecule has 0 aliphatic carbocycles. The molecule has 0 unspecified atom stereocenters. The van der Waals surface area contributed by atoms with Gasteiger partial charge >= 0.3 is 12.3 Å². The van der Waals surface area contributed by atoms with Gasteiger partial charge in [0.2, 0.25) is 0 Å². The highest BCUT2D eigenvalue weighted by Gasteiger charge is 2.29. The van der Waals surface area contributed by atoms with Gasteiger partial charge in [0.25, 0.3) is 0 Å². The van der Waals surface area contributed by atoms with Crippen LogP contribution in [0.1, 0.15) is 23.1 Å². The van der Waals surface area contributed by atoms with Gasteiger partial charge in [-0.1, -0.05) is 5.21 Å². The SMILES string of the molecule is CCOC(=O)c1nnn(CCOC(F)(F)F)c1C. The van der Waals surface area contributed by atoms with Crippen LogP contribution >= 0.6 is 0 Å². The Morgan fingerprint density at radius 3 is 2.67 bits per heavy atom. The zero-order valence-electron chi connectivity index (χ0n) is 9.82. The smallest absolute Gasteiger partial charge is 0.461 e. The zero-order chi connectivity index (χ0) is 13.8. The van der Waals surface area contributed by atoms with Crippen molar-refractivity contribution in [3.8, 4) is 0 Å². The van der Waals surface area contributed by atoms with E-state index in [0.717, 1.165) is 4.68 Å². The molecule has 0 aliphatic rings. The summed E-state index contributed by atoms with van der Waals surface area (Å²) in [5.74, 6) is -0.655. The fourth-order valence-electron chi connectivity index (χ4n) is 1.21. The summed E-state index contributed by atoms with van der Waals surface area (Å²) in [6.07, 6.45) is -4.68. The van der Waals surface area contributed by atoms with E-state index in [4.69, 9.17) is 4.74 Å². The van der Waals surface area contributed by atoms with Crippen molar-refractivity contribution >= 4 is 5.97 Å². The number of halogens is 3. The highest BCUT2D eigenvalue weighted by Crippen LogP contribution is 2.16. The summed E-state index contributed by atoms with van der Waals surface area (Å²) >= 11 is 0. The standard InChI is InChI=1S/C9H12F3N3O3/c1-3-17-8(16)7-6(2)15(14-13-7)4-5-18-9(10,11)12/h3-5H2,1-2H3. The fraction of sp³-hybridized carbons (Fsp3) is 0.667. The summed E-state index contributed by atoms with van der Waals surface area (Å²) in [6.45, 7) is 2.57. The molecule has 0 bridgehead atoms. The maximum atomic E-state index is 11.8. The summed E-state index contributed by atoms with van der Waals surface area (Å²) in [5.41, 5.74) is 0.322. The van der Waals surface area contributed by atoms with E-state index in [9.17, 15) is 18.0 Å². The molecule has 1 heterocycles. The van der Waals surface area contributed by atoms with Crippen molar-refractivity contribution in [2.24, 2.45) is 0 Å². The van der Waals surface area contributed by atoms with Crippen LogP contribution in [0.15, 0.2) is 0 Å². The van der Waals surface area contributed by atoms with E-state index in [1.165, 1.54) is 6.92 Å². The van der Waals surface area contributed by atoms with Gasteiger partial charge < -0.3 is 4.74 Å². The van der Waals surface area contributed by atoms with Crippen molar-refractivity contribution in [1.29, 1.82) is 0 Å². The first-order valence-corrected chi connectivity index (χ1v) is 5.13. The predicted octanol–water partition coefficient (Wildman–Crippen LogP) is 1.30. The van der Waals surface area contributed by atoms with Crippen LogP contribution in [-0.4, -0.2) is 40.5 Å². The van der Waals surface area contributed by atoms with Crippen molar-refractivity contribution in [3.63, 3.8) is 0 Å². The highest BCUT2D eigenvalue weighted by molar-refractivity contribution is 5.88. The molecule has 102 valence electrons. The molecule has 6 nitrogen and oxygen atoms in total. The molecule has 0 atom stereocenters. The number of rotatable bonds is 5. The number of hydrogen-bond donors (Lipinski definition) is 0. The zero-order valence-corrected chi connectivity index (χ0v) is 9.82. The number of nitrogens with zero attached hydrogens (tertiary/aromatic N) is 3. The largest absolute Gasteiger partial charge is 0.522 e. The summed E-state index contributed by atoms with van der Waals surface area (Å²) in [4.78, 5) is 11.4. The molecule has 0 aliphatic heterocycles. The van der Waals surface area contributed by atoms with Crippen LogP contribution in [0.5, 0.6) is 0 Å². The fourth-order valence-corrected chi connectivity index (χ4v) is 1.21. The second kappa shape index (κ2) is 5.80. The van der Waals surface area contributed by atoms with E-state index in [2.05, 4.69) is 15.0 Å². The van der Waals surface area contributed by atoms with Gasteiger partial charge in [-0.2, -0.15) is 0 Å². The van der Waals surface area contributed by atoms with Gasteiger partial charge in [0, 0.05) is 0 Å². The maximum Gasteiger partial charge on any atom is 0.522 e. The Morgan fingerprint density at radius 1 is 1.44 bits per heavy atom. The number of hydrogen-bond acceptors (Lipinski definition) is 5. The lowest BCUT2D eigenvalue weighted by Crippen LogP contribution is -2.18. The van der Waals surface area contributed by atoms with Crippen LogP contribution in [0.4, 0.5) is 13.2 Å². The topological polar surface area (TPSA) is 66.2 Å². The summed E-state index contributed by atoms with van der Waals surface area (Å²) in [5, 5.41) is 7.11. The predicted molar refractivity (Wildman–Crippen MR) is 52.7 cm³/mol. The van der Waals surface area contributed by atoms with E-state index in [0.29, 0.717) is 5.69 Å². The second-order valence-corrected chi connectivity index (χ2v) is 3.26. The first-order chi connectivity index (χ1) is 8.35. The first kappa shape index (κ1) is 14.4. The molecule has 1 rings (SSSR count). The van der Waals surface area contributed by atoms with Crippen molar-refractivity contribution in [2.75, 3.05) is 13.2 Å². The minimum atomic E-state index is -4.68. The van der Waals surface area contributed by atoms with Gasteiger partial charge in [0.05, 0.1) is 25.5 Å². The Labute approximate surface area is 101 Å². The van der Waals surface area contributed by atoms with Crippen molar-refractivity contribution in [2.45, 2.75) is 26.8 Å². The molecule has 0 fully saturated rings. The molecule has 0 N–H and O–H groups in total. The molecule has 0 amide bonds. The molecular formula is C9H12F3N3O3. The number of alkyl halides is 3.